The van der Waals surface area contributed by atoms with Gasteiger partial charge in [-0.2, -0.15) is 11.8 Å². The van der Waals surface area contributed by atoms with Crippen molar-refractivity contribution in [1.82, 2.24) is 16.0 Å². The molecule has 0 radical (unpaired) electrons. The van der Waals surface area contributed by atoms with Crippen LogP contribution in [0.4, 0.5) is 0 Å². The van der Waals surface area contributed by atoms with Gasteiger partial charge in [0.05, 0.1) is 19.1 Å². The summed E-state index contributed by atoms with van der Waals surface area (Å²) in [6.45, 7) is -0.635. The summed E-state index contributed by atoms with van der Waals surface area (Å²) < 4.78 is 0. The fourth-order valence-corrected chi connectivity index (χ4v) is 3.04. The molecular formula is C18H34N8O7S. The van der Waals surface area contributed by atoms with Crippen molar-refractivity contribution in [3.05, 3.63) is 0 Å². The molecule has 0 aliphatic rings. The Balaban J connectivity index is 5.14. The lowest BCUT2D eigenvalue weighted by molar-refractivity contribution is -0.142. The predicted molar refractivity (Wildman–Crippen MR) is 125 cm³/mol. The summed E-state index contributed by atoms with van der Waals surface area (Å²) in [4.78, 5) is 63.7. The van der Waals surface area contributed by atoms with E-state index < -0.39 is 66.8 Å². The van der Waals surface area contributed by atoms with E-state index in [1.54, 1.807) is 6.26 Å². The number of rotatable bonds is 17. The minimum absolute atomic E-state index is 0.113. The summed E-state index contributed by atoms with van der Waals surface area (Å²) in [7, 11) is 0. The van der Waals surface area contributed by atoms with Crippen LogP contribution in [0.25, 0.3) is 0 Å². The number of carboxylic acid groups (broad SMARTS) is 1. The first-order chi connectivity index (χ1) is 15.9. The van der Waals surface area contributed by atoms with Gasteiger partial charge in [0.15, 0.2) is 5.96 Å². The Morgan fingerprint density at radius 1 is 0.912 bits per heavy atom. The van der Waals surface area contributed by atoms with E-state index in [4.69, 9.17) is 22.9 Å². The lowest BCUT2D eigenvalue weighted by atomic mass is 10.1. The maximum absolute atomic E-state index is 12.6. The van der Waals surface area contributed by atoms with Gasteiger partial charge in [0.1, 0.15) is 18.1 Å². The number of carboxylic acids is 1. The summed E-state index contributed by atoms with van der Waals surface area (Å²) >= 11 is 1.38. The van der Waals surface area contributed by atoms with Crippen LogP contribution in [0.2, 0.25) is 0 Å². The summed E-state index contributed by atoms with van der Waals surface area (Å²) in [5.74, 6) is -4.58. The normalized spacial score (nSPS) is 14.1. The fourth-order valence-electron chi connectivity index (χ4n) is 2.57. The van der Waals surface area contributed by atoms with Crippen LogP contribution in [-0.4, -0.2) is 95.1 Å². The van der Waals surface area contributed by atoms with Crippen molar-refractivity contribution in [2.45, 2.75) is 49.9 Å². The topological polar surface area (TPSA) is 278 Å². The van der Waals surface area contributed by atoms with E-state index in [-0.39, 0.29) is 25.3 Å². The quantitative estimate of drug-likeness (QED) is 0.0515. The zero-order chi connectivity index (χ0) is 26.3. The number of guanidine groups is 1. The van der Waals surface area contributed by atoms with Gasteiger partial charge < -0.3 is 49.1 Å². The molecule has 0 aromatic rings. The van der Waals surface area contributed by atoms with Gasteiger partial charge in [-0.25, -0.2) is 4.79 Å². The monoisotopic (exact) mass is 506 g/mol. The number of aliphatic hydroxyl groups excluding tert-OH is 1. The van der Waals surface area contributed by atoms with Crippen LogP contribution in [0.1, 0.15) is 25.7 Å². The molecule has 0 aliphatic heterocycles. The van der Waals surface area contributed by atoms with Crippen molar-refractivity contribution >= 4 is 47.3 Å². The standard InChI is InChI=1S/C18H34N8O7S/c1-34-6-4-10(17(32)33)24-16(31)12(8-27)26-15(30)11(7-13(20)28)25-14(29)9(19)3-2-5-23-18(21)22/h9-12,27H,2-8,19H2,1H3,(H2,20,28)(H,24,31)(H,25,29)(H,26,30)(H,32,33)(H4,21,22,23). The highest BCUT2D eigenvalue weighted by atomic mass is 32.2. The van der Waals surface area contributed by atoms with E-state index in [0.717, 1.165) is 0 Å². The minimum Gasteiger partial charge on any atom is -0.480 e. The minimum atomic E-state index is -1.54. The number of aliphatic hydroxyl groups is 1. The van der Waals surface area contributed by atoms with Crippen molar-refractivity contribution < 1.29 is 34.2 Å². The number of aliphatic imine (C=N–C) groups is 1. The van der Waals surface area contributed by atoms with Crippen LogP contribution in [-0.2, 0) is 24.0 Å². The van der Waals surface area contributed by atoms with Crippen molar-refractivity contribution in [2.75, 3.05) is 25.2 Å². The molecule has 194 valence electrons. The molecule has 15 nitrogen and oxygen atoms in total. The number of carbonyl (C=O) groups excluding carboxylic acids is 4. The maximum Gasteiger partial charge on any atom is 0.326 e. The predicted octanol–water partition coefficient (Wildman–Crippen LogP) is -4.47. The first-order valence-corrected chi connectivity index (χ1v) is 11.6. The molecule has 4 unspecified atom stereocenters. The SMILES string of the molecule is CSCCC(NC(=O)C(CO)NC(=O)C(CC(N)=O)NC(=O)C(N)CCCN=C(N)N)C(=O)O. The van der Waals surface area contributed by atoms with E-state index >= 15 is 0 Å². The number of nitrogens with two attached hydrogens (primary N) is 4. The molecule has 4 atom stereocenters. The second-order valence-electron chi connectivity index (χ2n) is 7.21. The van der Waals surface area contributed by atoms with Gasteiger partial charge in [0.25, 0.3) is 0 Å². The smallest absolute Gasteiger partial charge is 0.326 e. The molecule has 0 saturated heterocycles. The molecule has 0 fully saturated rings. The lowest BCUT2D eigenvalue weighted by Crippen LogP contribution is -2.58. The lowest BCUT2D eigenvalue weighted by Gasteiger charge is -2.23. The van der Waals surface area contributed by atoms with Gasteiger partial charge in [-0.1, -0.05) is 0 Å². The number of carbonyl (C=O) groups is 5. The number of aliphatic carboxylic acids is 1. The van der Waals surface area contributed by atoms with E-state index in [1.165, 1.54) is 11.8 Å². The first kappa shape index (κ1) is 30.9. The van der Waals surface area contributed by atoms with Crippen molar-refractivity contribution in [3.8, 4) is 0 Å². The zero-order valence-corrected chi connectivity index (χ0v) is 19.7. The van der Waals surface area contributed by atoms with Crippen LogP contribution >= 0.6 is 11.8 Å². The van der Waals surface area contributed by atoms with E-state index in [2.05, 4.69) is 20.9 Å². The largest absolute Gasteiger partial charge is 0.480 e. The molecule has 16 heteroatoms. The number of thioether (sulfide) groups is 1. The Morgan fingerprint density at radius 3 is 1.97 bits per heavy atom. The van der Waals surface area contributed by atoms with Gasteiger partial charge in [-0.15, -0.1) is 0 Å². The molecule has 4 amide bonds. The van der Waals surface area contributed by atoms with Crippen molar-refractivity contribution in [3.63, 3.8) is 0 Å². The van der Waals surface area contributed by atoms with Gasteiger partial charge in [-0.3, -0.25) is 24.2 Å². The Labute approximate surface area is 200 Å². The fraction of sp³-hybridized carbons (Fsp3) is 0.667. The molecule has 0 aliphatic carbocycles. The average Bonchev–Trinajstić information content (AvgIpc) is 2.75. The molecule has 0 saturated carbocycles. The Morgan fingerprint density at radius 2 is 1.47 bits per heavy atom. The van der Waals surface area contributed by atoms with Crippen LogP contribution in [0.5, 0.6) is 0 Å². The molecule has 0 bridgehead atoms. The van der Waals surface area contributed by atoms with Gasteiger partial charge in [0.2, 0.25) is 23.6 Å². The highest BCUT2D eigenvalue weighted by molar-refractivity contribution is 7.98. The van der Waals surface area contributed by atoms with E-state index in [0.29, 0.717) is 12.2 Å². The molecule has 0 aromatic carbocycles. The number of amides is 4. The Kier molecular flexibility index (Phi) is 15.0. The van der Waals surface area contributed by atoms with Gasteiger partial charge >= 0.3 is 5.97 Å². The molecule has 0 rings (SSSR count). The third-order valence-corrected chi connectivity index (χ3v) is 5.03. The van der Waals surface area contributed by atoms with Crippen LogP contribution in [0.15, 0.2) is 4.99 Å². The molecule has 13 N–H and O–H groups in total. The third kappa shape index (κ3) is 12.8. The van der Waals surface area contributed by atoms with Gasteiger partial charge in [-0.05, 0) is 31.3 Å². The molecule has 0 heterocycles. The number of hydrogen-bond acceptors (Lipinski definition) is 9. The third-order valence-electron chi connectivity index (χ3n) is 4.38. The average molecular weight is 507 g/mol. The van der Waals surface area contributed by atoms with Gasteiger partial charge in [0, 0.05) is 6.54 Å². The Bertz CT molecular complexity index is 748. The number of nitrogens with one attached hydrogen (secondary N) is 3. The second kappa shape index (κ2) is 16.5. The number of primary amides is 1. The zero-order valence-electron chi connectivity index (χ0n) is 18.9. The van der Waals surface area contributed by atoms with E-state index in [1.807, 2.05) is 0 Å². The number of hydrogen-bond donors (Lipinski definition) is 9. The summed E-state index contributed by atoms with van der Waals surface area (Å²) in [5.41, 5.74) is 21.3. The van der Waals surface area contributed by atoms with Crippen LogP contribution in [0, 0.1) is 0 Å². The molecular weight excluding hydrogens is 472 g/mol. The second-order valence-corrected chi connectivity index (χ2v) is 8.20. The highest BCUT2D eigenvalue weighted by Crippen LogP contribution is 2.03. The highest BCUT2D eigenvalue weighted by Gasteiger charge is 2.30. The van der Waals surface area contributed by atoms with Crippen LogP contribution < -0.4 is 38.9 Å². The number of nitrogens with zero attached hydrogens (tertiary/aromatic N) is 1. The van der Waals surface area contributed by atoms with E-state index in [9.17, 15) is 34.2 Å². The molecule has 0 aromatic heterocycles. The summed E-state index contributed by atoms with van der Waals surface area (Å²) in [6, 6.07) is -5.31. The van der Waals surface area contributed by atoms with Crippen LogP contribution in [0.3, 0.4) is 0 Å². The van der Waals surface area contributed by atoms with Crippen molar-refractivity contribution in [1.29, 1.82) is 0 Å². The summed E-state index contributed by atoms with van der Waals surface area (Å²) in [5, 5.41) is 25.4. The summed E-state index contributed by atoms with van der Waals surface area (Å²) in [6.07, 6.45) is 1.81. The first-order valence-electron chi connectivity index (χ1n) is 10.3. The van der Waals surface area contributed by atoms with Crippen molar-refractivity contribution in [2.24, 2.45) is 27.9 Å². The maximum atomic E-state index is 12.6. The Hall–Kier alpha value is -3.11. The molecule has 34 heavy (non-hydrogen) atoms. The molecule has 0 spiro atoms.